The lowest BCUT2D eigenvalue weighted by Gasteiger charge is -1.99. The molecule has 0 aliphatic rings. The summed E-state index contributed by atoms with van der Waals surface area (Å²) in [6.07, 6.45) is 0.287. The second-order valence-corrected chi connectivity index (χ2v) is 3.18. The van der Waals surface area contributed by atoms with Crippen molar-refractivity contribution in [2.45, 2.75) is 19.8 Å². The van der Waals surface area contributed by atoms with Gasteiger partial charge >= 0.3 is 0 Å². The minimum absolute atomic E-state index is 0.0780. The van der Waals surface area contributed by atoms with Crippen molar-refractivity contribution in [1.29, 1.82) is 5.26 Å². The van der Waals surface area contributed by atoms with Gasteiger partial charge in [0.05, 0.1) is 18.1 Å². The number of benzene rings is 1. The minimum atomic E-state index is -0.223. The van der Waals surface area contributed by atoms with E-state index >= 15 is 0 Å². The zero-order valence-electron chi connectivity index (χ0n) is 8.49. The molecule has 0 bridgehead atoms. The molecule has 0 unspecified atom stereocenters. The first kappa shape index (κ1) is 11.1. The van der Waals surface area contributed by atoms with E-state index in [0.29, 0.717) is 17.5 Å². The lowest BCUT2D eigenvalue weighted by molar-refractivity contribution is -0.117. The number of carbonyl (C=O) groups is 2. The molecule has 3 heteroatoms. The largest absolute Gasteiger partial charge is 0.299 e. The molecule has 0 atom stereocenters. The predicted molar refractivity (Wildman–Crippen MR) is 55.4 cm³/mol. The molecule has 0 saturated heterocycles. The van der Waals surface area contributed by atoms with E-state index in [2.05, 4.69) is 0 Å². The molecule has 0 aliphatic heterocycles. The highest BCUT2D eigenvalue weighted by molar-refractivity contribution is 6.07. The summed E-state index contributed by atoms with van der Waals surface area (Å²) in [7, 11) is 0. The number of carbonyl (C=O) groups excluding carboxylic acids is 2. The summed E-state index contributed by atoms with van der Waals surface area (Å²) >= 11 is 0. The fourth-order valence-electron chi connectivity index (χ4n) is 1.17. The van der Waals surface area contributed by atoms with Gasteiger partial charge in [0, 0.05) is 12.0 Å². The third-order valence-electron chi connectivity index (χ3n) is 2.07. The first-order valence-electron chi connectivity index (χ1n) is 4.72. The molecule has 0 spiro atoms. The highest BCUT2D eigenvalue weighted by Crippen LogP contribution is 2.07. The molecule has 0 amide bonds. The maximum atomic E-state index is 11.6. The van der Waals surface area contributed by atoms with Gasteiger partial charge in [-0.15, -0.1) is 0 Å². The number of hydrogen-bond acceptors (Lipinski definition) is 3. The Morgan fingerprint density at radius 1 is 1.40 bits per heavy atom. The van der Waals surface area contributed by atoms with Gasteiger partial charge < -0.3 is 0 Å². The molecule has 3 nitrogen and oxygen atoms in total. The second kappa shape index (κ2) is 5.06. The Labute approximate surface area is 88.3 Å². The van der Waals surface area contributed by atoms with E-state index in [1.165, 1.54) is 6.07 Å². The van der Waals surface area contributed by atoms with Crippen LogP contribution in [0.1, 0.15) is 35.7 Å². The molecule has 0 radical (unpaired) electrons. The van der Waals surface area contributed by atoms with Crippen molar-refractivity contribution in [1.82, 2.24) is 0 Å². The highest BCUT2D eigenvalue weighted by Gasteiger charge is 2.10. The summed E-state index contributed by atoms with van der Waals surface area (Å²) in [5, 5.41) is 8.64. The number of rotatable bonds is 4. The smallest absolute Gasteiger partial charge is 0.170 e. The summed E-state index contributed by atoms with van der Waals surface area (Å²) in [4.78, 5) is 22.6. The fraction of sp³-hybridized carbons (Fsp3) is 0.250. The third kappa shape index (κ3) is 3.03. The standard InChI is InChI=1S/C12H11NO2/c1-2-11(14)7-12(15)10-5-3-4-9(6-10)8-13/h3-6H,2,7H2,1H3. The molecule has 1 aromatic carbocycles. The number of nitrogens with zero attached hydrogens (tertiary/aromatic N) is 1. The minimum Gasteiger partial charge on any atom is -0.299 e. The SMILES string of the molecule is CCC(=O)CC(=O)c1cccc(C#N)c1. The lowest BCUT2D eigenvalue weighted by Crippen LogP contribution is -2.07. The van der Waals surface area contributed by atoms with E-state index in [9.17, 15) is 9.59 Å². The van der Waals surface area contributed by atoms with Gasteiger partial charge in [0.1, 0.15) is 5.78 Å². The second-order valence-electron chi connectivity index (χ2n) is 3.18. The summed E-state index contributed by atoms with van der Waals surface area (Å²) in [5.74, 6) is -0.304. The van der Waals surface area contributed by atoms with Crippen molar-refractivity contribution in [3.8, 4) is 6.07 Å². The van der Waals surface area contributed by atoms with Crippen LogP contribution in [-0.2, 0) is 4.79 Å². The molecule has 1 rings (SSSR count). The quantitative estimate of drug-likeness (QED) is 0.553. The van der Waals surface area contributed by atoms with Crippen molar-refractivity contribution in [2.75, 3.05) is 0 Å². The Balaban J connectivity index is 2.83. The van der Waals surface area contributed by atoms with Gasteiger partial charge in [-0.1, -0.05) is 19.1 Å². The Morgan fingerprint density at radius 3 is 2.73 bits per heavy atom. The molecule has 0 aliphatic carbocycles. The van der Waals surface area contributed by atoms with Crippen LogP contribution in [0.4, 0.5) is 0 Å². The Hall–Kier alpha value is -1.95. The normalized spacial score (nSPS) is 9.33. The van der Waals surface area contributed by atoms with E-state index in [4.69, 9.17) is 5.26 Å². The maximum absolute atomic E-state index is 11.6. The molecular formula is C12H11NO2. The summed E-state index contributed by atoms with van der Waals surface area (Å²) in [6.45, 7) is 1.72. The van der Waals surface area contributed by atoms with Crippen molar-refractivity contribution in [3.63, 3.8) is 0 Å². The number of nitriles is 1. The van der Waals surface area contributed by atoms with Gasteiger partial charge in [0.25, 0.3) is 0 Å². The van der Waals surface area contributed by atoms with Crippen molar-refractivity contribution in [2.24, 2.45) is 0 Å². The van der Waals surface area contributed by atoms with Crippen LogP contribution in [0.2, 0.25) is 0 Å². The van der Waals surface area contributed by atoms with Gasteiger partial charge in [-0.3, -0.25) is 9.59 Å². The molecule has 0 saturated carbocycles. The fourth-order valence-corrected chi connectivity index (χ4v) is 1.17. The molecule has 0 heterocycles. The van der Waals surface area contributed by atoms with Crippen LogP contribution >= 0.6 is 0 Å². The van der Waals surface area contributed by atoms with Crippen LogP contribution in [0.5, 0.6) is 0 Å². The van der Waals surface area contributed by atoms with Gasteiger partial charge in [0.2, 0.25) is 0 Å². The molecule has 1 aromatic rings. The third-order valence-corrected chi connectivity index (χ3v) is 2.07. The summed E-state index contributed by atoms with van der Waals surface area (Å²) in [6, 6.07) is 8.34. The van der Waals surface area contributed by atoms with Crippen LogP contribution < -0.4 is 0 Å². The van der Waals surface area contributed by atoms with Crippen LogP contribution in [0.15, 0.2) is 24.3 Å². The van der Waals surface area contributed by atoms with Crippen molar-refractivity contribution < 1.29 is 9.59 Å². The highest BCUT2D eigenvalue weighted by atomic mass is 16.1. The summed E-state index contributed by atoms with van der Waals surface area (Å²) in [5.41, 5.74) is 0.862. The van der Waals surface area contributed by atoms with E-state index < -0.39 is 0 Å². The van der Waals surface area contributed by atoms with Gasteiger partial charge in [-0.2, -0.15) is 5.26 Å². The molecular weight excluding hydrogens is 190 g/mol. The average molecular weight is 201 g/mol. The van der Waals surface area contributed by atoms with E-state index in [1.807, 2.05) is 6.07 Å². The average Bonchev–Trinajstić information content (AvgIpc) is 2.28. The Bertz CT molecular complexity index is 429. The van der Waals surface area contributed by atoms with Crippen LogP contribution in [0, 0.1) is 11.3 Å². The van der Waals surface area contributed by atoms with Crippen LogP contribution in [0.25, 0.3) is 0 Å². The molecule has 76 valence electrons. The monoisotopic (exact) mass is 201 g/mol. The van der Waals surface area contributed by atoms with Crippen LogP contribution in [-0.4, -0.2) is 11.6 Å². The topological polar surface area (TPSA) is 57.9 Å². The Morgan fingerprint density at radius 2 is 2.13 bits per heavy atom. The number of hydrogen-bond donors (Lipinski definition) is 0. The van der Waals surface area contributed by atoms with Crippen molar-refractivity contribution >= 4 is 11.6 Å². The van der Waals surface area contributed by atoms with Crippen LogP contribution in [0.3, 0.4) is 0 Å². The van der Waals surface area contributed by atoms with E-state index in [0.717, 1.165) is 0 Å². The zero-order chi connectivity index (χ0) is 11.3. The molecule has 0 N–H and O–H groups in total. The van der Waals surface area contributed by atoms with Gasteiger partial charge in [-0.05, 0) is 12.1 Å². The Kier molecular flexibility index (Phi) is 3.75. The first-order chi connectivity index (χ1) is 7.17. The lowest BCUT2D eigenvalue weighted by atomic mass is 10.0. The van der Waals surface area contributed by atoms with Gasteiger partial charge in [0.15, 0.2) is 5.78 Å². The van der Waals surface area contributed by atoms with Crippen molar-refractivity contribution in [3.05, 3.63) is 35.4 Å². The predicted octanol–water partition coefficient (Wildman–Crippen LogP) is 2.11. The summed E-state index contributed by atoms with van der Waals surface area (Å²) < 4.78 is 0. The zero-order valence-corrected chi connectivity index (χ0v) is 8.49. The number of ketones is 2. The maximum Gasteiger partial charge on any atom is 0.170 e. The molecule has 0 fully saturated rings. The first-order valence-corrected chi connectivity index (χ1v) is 4.72. The van der Waals surface area contributed by atoms with Gasteiger partial charge in [-0.25, -0.2) is 0 Å². The molecule has 15 heavy (non-hydrogen) atoms. The molecule has 0 aromatic heterocycles. The van der Waals surface area contributed by atoms with E-state index in [-0.39, 0.29) is 18.0 Å². The number of Topliss-reactive ketones (excluding diaryl/α,β-unsaturated/α-hetero) is 2. The van der Waals surface area contributed by atoms with E-state index in [1.54, 1.807) is 25.1 Å².